The molecule has 1 saturated heterocycles. The van der Waals surface area contributed by atoms with Crippen LogP contribution in [0.4, 0.5) is 10.6 Å². The van der Waals surface area contributed by atoms with Crippen molar-refractivity contribution in [3.63, 3.8) is 0 Å². The fraction of sp³-hybridized carbons (Fsp3) is 0.529. The van der Waals surface area contributed by atoms with Gasteiger partial charge in [0.15, 0.2) is 0 Å². The zero-order chi connectivity index (χ0) is 17.6. The molecule has 0 spiro atoms. The second-order valence-electron chi connectivity index (χ2n) is 7.12. The van der Waals surface area contributed by atoms with Crippen LogP contribution in [0.15, 0.2) is 18.3 Å². The summed E-state index contributed by atoms with van der Waals surface area (Å²) in [6.45, 7) is 3.32. The number of carbonyl (C=O) groups is 1. The number of nitrogens with zero attached hydrogens (tertiary/aromatic N) is 5. The molecule has 2 N–H and O–H groups in total. The first kappa shape index (κ1) is 15.9. The quantitative estimate of drug-likeness (QED) is 0.885. The molecule has 3 atom stereocenters. The van der Waals surface area contributed by atoms with Crippen molar-refractivity contribution in [3.05, 3.63) is 23.9 Å². The maximum absolute atomic E-state index is 11.1. The second-order valence-corrected chi connectivity index (χ2v) is 7.12. The van der Waals surface area contributed by atoms with E-state index in [1.54, 1.807) is 4.68 Å². The van der Waals surface area contributed by atoms with E-state index in [1.807, 2.05) is 32.3 Å². The van der Waals surface area contributed by atoms with E-state index in [1.165, 1.54) is 4.90 Å². The van der Waals surface area contributed by atoms with Gasteiger partial charge in [-0.05, 0) is 49.3 Å². The molecule has 2 aliphatic rings. The Hall–Kier alpha value is -2.64. The Bertz CT molecular complexity index is 753. The molecule has 1 aliphatic heterocycles. The van der Waals surface area contributed by atoms with Gasteiger partial charge in [0.2, 0.25) is 0 Å². The van der Waals surface area contributed by atoms with Crippen LogP contribution in [-0.4, -0.2) is 55.2 Å². The lowest BCUT2D eigenvalue weighted by Gasteiger charge is -2.17. The smallest absolute Gasteiger partial charge is 0.407 e. The van der Waals surface area contributed by atoms with E-state index >= 15 is 0 Å². The number of carboxylic acid groups (broad SMARTS) is 1. The molecule has 8 nitrogen and oxygen atoms in total. The van der Waals surface area contributed by atoms with Gasteiger partial charge in [0.1, 0.15) is 11.5 Å². The maximum Gasteiger partial charge on any atom is 0.407 e. The maximum atomic E-state index is 11.1. The van der Waals surface area contributed by atoms with Crippen LogP contribution in [0.2, 0.25) is 0 Å². The van der Waals surface area contributed by atoms with Crippen LogP contribution in [0.5, 0.6) is 0 Å². The van der Waals surface area contributed by atoms with Crippen LogP contribution >= 0.6 is 0 Å². The summed E-state index contributed by atoms with van der Waals surface area (Å²) in [7, 11) is 1.90. The number of fused-ring (bicyclic) bond motifs is 1. The normalized spacial score (nSPS) is 25.2. The lowest BCUT2D eigenvalue weighted by molar-refractivity contribution is 0.152. The Kier molecular flexibility index (Phi) is 3.82. The molecular weight excluding hydrogens is 320 g/mol. The first-order valence-electron chi connectivity index (χ1n) is 8.58. The Morgan fingerprint density at radius 1 is 1.24 bits per heavy atom. The van der Waals surface area contributed by atoms with Crippen LogP contribution in [0, 0.1) is 18.8 Å². The van der Waals surface area contributed by atoms with Gasteiger partial charge in [-0.25, -0.2) is 4.79 Å². The standard InChI is InChI=1S/C17H22N6O2/c1-10-7-18-22(2)16(10)14-3-4-15(21-20-14)19-13-5-11-8-23(17(24)25)9-12(11)6-13/h3-4,7,11-13H,5-6,8-9H2,1-2H3,(H,19,21)(H,24,25)/t11-,12+,13+. The third-order valence-corrected chi connectivity index (χ3v) is 5.40. The van der Waals surface area contributed by atoms with Crippen molar-refractivity contribution in [2.45, 2.75) is 25.8 Å². The van der Waals surface area contributed by atoms with Gasteiger partial charge in [-0.3, -0.25) is 4.68 Å². The molecule has 25 heavy (non-hydrogen) atoms. The van der Waals surface area contributed by atoms with Crippen molar-refractivity contribution in [2.24, 2.45) is 18.9 Å². The van der Waals surface area contributed by atoms with Crippen LogP contribution in [0.3, 0.4) is 0 Å². The second kappa shape index (κ2) is 6.02. The van der Waals surface area contributed by atoms with Gasteiger partial charge in [-0.1, -0.05) is 0 Å². The predicted octanol–water partition coefficient (Wildman–Crippen LogP) is 1.99. The Balaban J connectivity index is 1.39. The van der Waals surface area contributed by atoms with Crippen molar-refractivity contribution >= 4 is 11.9 Å². The van der Waals surface area contributed by atoms with E-state index in [0.717, 1.165) is 35.6 Å². The monoisotopic (exact) mass is 342 g/mol. The molecule has 0 unspecified atom stereocenters. The average Bonchev–Trinajstić information content (AvgIpc) is 3.22. The summed E-state index contributed by atoms with van der Waals surface area (Å²) in [5, 5.41) is 25.4. The van der Waals surface area contributed by atoms with Gasteiger partial charge in [-0.15, -0.1) is 10.2 Å². The molecule has 0 radical (unpaired) electrons. The molecule has 2 aromatic rings. The summed E-state index contributed by atoms with van der Waals surface area (Å²) in [4.78, 5) is 12.6. The van der Waals surface area contributed by atoms with Gasteiger partial charge >= 0.3 is 6.09 Å². The number of rotatable bonds is 3. The number of amides is 1. The third kappa shape index (κ3) is 2.92. The van der Waals surface area contributed by atoms with Gasteiger partial charge in [-0.2, -0.15) is 5.10 Å². The minimum atomic E-state index is -0.800. The van der Waals surface area contributed by atoms with Gasteiger partial charge in [0.05, 0.1) is 11.9 Å². The first-order valence-corrected chi connectivity index (χ1v) is 8.58. The highest BCUT2D eigenvalue weighted by molar-refractivity contribution is 5.65. The van der Waals surface area contributed by atoms with Crippen LogP contribution in [0.1, 0.15) is 18.4 Å². The van der Waals surface area contributed by atoms with Gasteiger partial charge < -0.3 is 15.3 Å². The van der Waals surface area contributed by atoms with Crippen molar-refractivity contribution in [3.8, 4) is 11.4 Å². The van der Waals surface area contributed by atoms with Gasteiger partial charge in [0, 0.05) is 26.2 Å². The van der Waals surface area contributed by atoms with Crippen LogP contribution in [-0.2, 0) is 7.05 Å². The zero-order valence-electron chi connectivity index (χ0n) is 14.4. The van der Waals surface area contributed by atoms with Crippen molar-refractivity contribution < 1.29 is 9.90 Å². The molecule has 3 heterocycles. The van der Waals surface area contributed by atoms with Gasteiger partial charge in [0.25, 0.3) is 0 Å². The largest absolute Gasteiger partial charge is 0.465 e. The Morgan fingerprint density at radius 3 is 2.48 bits per heavy atom. The molecule has 1 amide bonds. The van der Waals surface area contributed by atoms with Crippen molar-refractivity contribution in [1.29, 1.82) is 0 Å². The third-order valence-electron chi connectivity index (χ3n) is 5.40. The fourth-order valence-corrected chi connectivity index (χ4v) is 4.23. The molecule has 0 aromatic carbocycles. The highest BCUT2D eigenvalue weighted by atomic mass is 16.4. The number of nitrogens with one attached hydrogen (secondary N) is 1. The molecule has 132 valence electrons. The number of hydrogen-bond acceptors (Lipinski definition) is 5. The summed E-state index contributed by atoms with van der Waals surface area (Å²) >= 11 is 0. The zero-order valence-corrected chi connectivity index (χ0v) is 14.4. The van der Waals surface area contributed by atoms with Crippen molar-refractivity contribution in [2.75, 3.05) is 18.4 Å². The van der Waals surface area contributed by atoms with E-state index in [0.29, 0.717) is 31.0 Å². The molecular formula is C17H22N6O2. The van der Waals surface area contributed by atoms with Crippen LogP contribution < -0.4 is 5.32 Å². The summed E-state index contributed by atoms with van der Waals surface area (Å²) in [5.74, 6) is 1.68. The molecule has 1 saturated carbocycles. The Labute approximate surface area is 145 Å². The van der Waals surface area contributed by atoms with E-state index < -0.39 is 6.09 Å². The lowest BCUT2D eigenvalue weighted by Crippen LogP contribution is -2.29. The fourth-order valence-electron chi connectivity index (χ4n) is 4.23. The van der Waals surface area contributed by atoms with Crippen LogP contribution in [0.25, 0.3) is 11.4 Å². The lowest BCUT2D eigenvalue weighted by atomic mass is 10.0. The Morgan fingerprint density at radius 2 is 1.96 bits per heavy atom. The highest BCUT2D eigenvalue weighted by Gasteiger charge is 2.42. The van der Waals surface area contributed by atoms with E-state index in [2.05, 4.69) is 20.6 Å². The molecule has 2 fully saturated rings. The average molecular weight is 342 g/mol. The number of aryl methyl sites for hydroxylation is 2. The number of likely N-dealkylation sites (tertiary alicyclic amines) is 1. The number of hydrogen-bond donors (Lipinski definition) is 2. The minimum absolute atomic E-state index is 0.338. The predicted molar refractivity (Wildman–Crippen MR) is 92.2 cm³/mol. The highest BCUT2D eigenvalue weighted by Crippen LogP contribution is 2.39. The van der Waals surface area contributed by atoms with E-state index in [9.17, 15) is 4.79 Å². The van der Waals surface area contributed by atoms with Crippen molar-refractivity contribution in [1.82, 2.24) is 24.9 Å². The SMILES string of the molecule is Cc1cnn(C)c1-c1ccc(N[C@H]2C[C@@H]3CN(C(=O)O)C[C@@H]3C2)nn1. The molecule has 2 aromatic heterocycles. The molecule has 0 bridgehead atoms. The van der Waals surface area contributed by atoms with E-state index in [-0.39, 0.29) is 0 Å². The molecule has 8 heteroatoms. The molecule has 1 aliphatic carbocycles. The minimum Gasteiger partial charge on any atom is -0.465 e. The summed E-state index contributed by atoms with van der Waals surface area (Å²) in [5.41, 5.74) is 2.86. The molecule has 4 rings (SSSR count). The number of anilines is 1. The summed E-state index contributed by atoms with van der Waals surface area (Å²) in [6, 6.07) is 4.25. The number of aromatic nitrogens is 4. The summed E-state index contributed by atoms with van der Waals surface area (Å²) < 4.78 is 1.80. The van der Waals surface area contributed by atoms with E-state index in [4.69, 9.17) is 5.11 Å². The first-order chi connectivity index (χ1) is 12.0. The topological polar surface area (TPSA) is 96.2 Å². The summed E-state index contributed by atoms with van der Waals surface area (Å²) in [6.07, 6.45) is 2.99.